The fraction of sp³-hybridized carbons (Fsp3) is 0.520. The molecule has 0 amide bonds. The highest BCUT2D eigenvalue weighted by molar-refractivity contribution is 5.53. The molecule has 1 fully saturated rings. The van der Waals surface area contributed by atoms with Gasteiger partial charge < -0.3 is 0 Å². The van der Waals surface area contributed by atoms with Crippen LogP contribution in [0.25, 0.3) is 6.08 Å². The van der Waals surface area contributed by atoms with Gasteiger partial charge in [0.15, 0.2) is 0 Å². The summed E-state index contributed by atoms with van der Waals surface area (Å²) in [4.78, 5) is 0. The molecule has 25 heavy (non-hydrogen) atoms. The van der Waals surface area contributed by atoms with Gasteiger partial charge in [-0.25, -0.2) is 0 Å². The van der Waals surface area contributed by atoms with Crippen LogP contribution in [0.5, 0.6) is 0 Å². The molecule has 1 aliphatic rings. The van der Waals surface area contributed by atoms with Gasteiger partial charge in [0, 0.05) is 0 Å². The average Bonchev–Trinajstić information content (AvgIpc) is 2.65. The molecule has 1 aliphatic carbocycles. The summed E-state index contributed by atoms with van der Waals surface area (Å²) in [6.07, 6.45) is 20.5. The lowest BCUT2D eigenvalue weighted by Gasteiger charge is -2.26. The topological polar surface area (TPSA) is 0 Å². The van der Waals surface area contributed by atoms with Crippen LogP contribution in [0.4, 0.5) is 0 Å². The van der Waals surface area contributed by atoms with E-state index in [1.165, 1.54) is 62.5 Å². The molecule has 0 radical (unpaired) electrons. The Kier molecular flexibility index (Phi) is 9.21. The van der Waals surface area contributed by atoms with Crippen LogP contribution < -0.4 is 0 Å². The summed E-state index contributed by atoms with van der Waals surface area (Å²) in [5.74, 6) is 8.04. The van der Waals surface area contributed by atoms with Crippen LogP contribution in [0, 0.1) is 23.7 Å². The summed E-state index contributed by atoms with van der Waals surface area (Å²) in [7, 11) is 0. The van der Waals surface area contributed by atoms with Gasteiger partial charge in [0.25, 0.3) is 0 Å². The second kappa shape index (κ2) is 11.8. The molecule has 0 aliphatic heterocycles. The molecule has 2 rings (SSSR count). The van der Waals surface area contributed by atoms with Crippen molar-refractivity contribution in [2.24, 2.45) is 11.8 Å². The maximum atomic E-state index is 3.16. The Balaban J connectivity index is 1.70. The molecule has 0 N–H and O–H groups in total. The van der Waals surface area contributed by atoms with Gasteiger partial charge in [0.2, 0.25) is 0 Å². The molecule has 0 atom stereocenters. The first-order chi connectivity index (χ1) is 12.3. The van der Waals surface area contributed by atoms with E-state index in [4.69, 9.17) is 0 Å². The first-order valence-corrected chi connectivity index (χ1v) is 10.2. The maximum absolute atomic E-state index is 3.16. The Labute approximate surface area is 155 Å². The second-order valence-electron chi connectivity index (χ2n) is 7.40. The molecule has 0 heteroatoms. The van der Waals surface area contributed by atoms with E-state index in [9.17, 15) is 0 Å². The van der Waals surface area contributed by atoms with E-state index in [1.54, 1.807) is 0 Å². The Morgan fingerprint density at radius 2 is 1.64 bits per heavy atom. The highest BCUT2D eigenvalue weighted by Crippen LogP contribution is 2.32. The number of rotatable bonds is 7. The van der Waals surface area contributed by atoms with E-state index in [0.717, 1.165) is 18.3 Å². The number of hydrogen-bond acceptors (Lipinski definition) is 0. The summed E-state index contributed by atoms with van der Waals surface area (Å²) in [5.41, 5.74) is 2.64. The number of unbranched alkanes of at least 4 members (excludes halogenated alkanes) is 1. The third-order valence-electron chi connectivity index (χ3n) is 5.27. The third-order valence-corrected chi connectivity index (χ3v) is 5.27. The molecule has 1 aromatic rings. The van der Waals surface area contributed by atoms with Crippen molar-refractivity contribution < 1.29 is 0 Å². The van der Waals surface area contributed by atoms with Crippen LogP contribution in [0.15, 0.2) is 42.5 Å². The van der Waals surface area contributed by atoms with Gasteiger partial charge >= 0.3 is 0 Å². The van der Waals surface area contributed by atoms with Gasteiger partial charge in [-0.15, -0.1) is 0 Å². The van der Waals surface area contributed by atoms with Gasteiger partial charge in [-0.3, -0.25) is 0 Å². The minimum atomic E-state index is 0.752. The van der Waals surface area contributed by atoms with Gasteiger partial charge in [0.05, 0.1) is 0 Å². The zero-order valence-electron chi connectivity index (χ0n) is 16.1. The van der Waals surface area contributed by atoms with Crippen molar-refractivity contribution >= 4 is 6.08 Å². The van der Waals surface area contributed by atoms with Crippen LogP contribution in [0.2, 0.25) is 0 Å². The molecule has 0 nitrogen and oxygen atoms in total. The molecule has 0 unspecified atom stereocenters. The van der Waals surface area contributed by atoms with E-state index in [1.807, 2.05) is 6.08 Å². The van der Waals surface area contributed by atoms with Crippen LogP contribution >= 0.6 is 0 Å². The van der Waals surface area contributed by atoms with Crippen LogP contribution in [0.1, 0.15) is 76.3 Å². The molecule has 1 aromatic carbocycles. The predicted octanol–water partition coefficient (Wildman–Crippen LogP) is 7.21. The van der Waals surface area contributed by atoms with Gasteiger partial charge in [0.1, 0.15) is 0 Å². The van der Waals surface area contributed by atoms with Crippen LogP contribution in [-0.2, 0) is 6.42 Å². The summed E-state index contributed by atoms with van der Waals surface area (Å²) in [6.45, 7) is 4.51. The quantitative estimate of drug-likeness (QED) is 0.462. The first kappa shape index (κ1) is 19.6. The predicted molar refractivity (Wildman–Crippen MR) is 111 cm³/mol. The highest BCUT2D eigenvalue weighted by Gasteiger charge is 2.18. The number of hydrogen-bond donors (Lipinski definition) is 0. The summed E-state index contributed by atoms with van der Waals surface area (Å²) in [6, 6.07) is 8.78. The maximum Gasteiger partial charge on any atom is -0.0109 e. The van der Waals surface area contributed by atoms with Crippen molar-refractivity contribution in [1.29, 1.82) is 0 Å². The summed E-state index contributed by atoms with van der Waals surface area (Å²) < 4.78 is 0. The monoisotopic (exact) mass is 334 g/mol. The highest BCUT2D eigenvalue weighted by atomic mass is 14.2. The molecule has 0 bridgehead atoms. The van der Waals surface area contributed by atoms with Crippen LogP contribution in [-0.4, -0.2) is 0 Å². The Morgan fingerprint density at radius 3 is 2.32 bits per heavy atom. The summed E-state index contributed by atoms with van der Waals surface area (Å²) >= 11 is 0. The SMILES string of the molecule is CCCCC1CCC(C=CC#CC=Cc2ccc(CCC)cc2)CC1. The van der Waals surface area contributed by atoms with Crippen molar-refractivity contribution in [3.63, 3.8) is 0 Å². The normalized spacial score (nSPS) is 20.7. The van der Waals surface area contributed by atoms with Crippen molar-refractivity contribution in [2.75, 3.05) is 0 Å². The summed E-state index contributed by atoms with van der Waals surface area (Å²) in [5, 5.41) is 0. The Hall–Kier alpha value is -1.74. The van der Waals surface area contributed by atoms with Crippen LogP contribution in [0.3, 0.4) is 0 Å². The molecule has 0 heterocycles. The van der Waals surface area contributed by atoms with Gasteiger partial charge in [-0.1, -0.05) is 81.7 Å². The fourth-order valence-electron chi connectivity index (χ4n) is 3.66. The minimum Gasteiger partial charge on any atom is -0.0730 e. The molecule has 0 aromatic heterocycles. The smallest absolute Gasteiger partial charge is 0.0109 e. The van der Waals surface area contributed by atoms with Gasteiger partial charge in [-0.2, -0.15) is 0 Å². The van der Waals surface area contributed by atoms with Crippen molar-refractivity contribution in [3.05, 3.63) is 53.6 Å². The third kappa shape index (κ3) is 7.78. The van der Waals surface area contributed by atoms with E-state index >= 15 is 0 Å². The minimum absolute atomic E-state index is 0.752. The second-order valence-corrected chi connectivity index (χ2v) is 7.40. The number of benzene rings is 1. The zero-order valence-corrected chi connectivity index (χ0v) is 16.1. The number of allylic oxidation sites excluding steroid dienone is 3. The molecule has 0 saturated heterocycles. The molecule has 1 saturated carbocycles. The van der Waals surface area contributed by atoms with E-state index in [-0.39, 0.29) is 0 Å². The van der Waals surface area contributed by atoms with Crippen molar-refractivity contribution in [2.45, 2.75) is 71.6 Å². The van der Waals surface area contributed by atoms with E-state index < -0.39 is 0 Å². The van der Waals surface area contributed by atoms with E-state index in [2.05, 4.69) is 68.2 Å². The molecule has 134 valence electrons. The Morgan fingerprint density at radius 1 is 0.920 bits per heavy atom. The average molecular weight is 335 g/mol. The standard InChI is InChI=1S/C25H34/c1-3-5-11-23-18-20-25(21-19-23)13-9-7-6-8-12-24-16-14-22(10-4-2)15-17-24/h8-9,12-17,23,25H,3-5,10-11,18-21H2,1-2H3. The largest absolute Gasteiger partial charge is 0.0730 e. The molecule has 0 spiro atoms. The lowest BCUT2D eigenvalue weighted by molar-refractivity contribution is 0.291. The number of aryl methyl sites for hydroxylation is 1. The van der Waals surface area contributed by atoms with Gasteiger partial charge in [-0.05, 0) is 73.3 Å². The molecular formula is C25H34. The van der Waals surface area contributed by atoms with Crippen molar-refractivity contribution in [3.8, 4) is 11.8 Å². The van der Waals surface area contributed by atoms with E-state index in [0.29, 0.717) is 0 Å². The Bertz CT molecular complexity index is 583. The van der Waals surface area contributed by atoms with Crippen molar-refractivity contribution in [1.82, 2.24) is 0 Å². The zero-order chi connectivity index (χ0) is 17.7. The lowest BCUT2D eigenvalue weighted by Crippen LogP contribution is -2.12. The molecular weight excluding hydrogens is 300 g/mol. The lowest BCUT2D eigenvalue weighted by atomic mass is 9.80. The fourth-order valence-corrected chi connectivity index (χ4v) is 3.66. The first-order valence-electron chi connectivity index (χ1n) is 10.2.